The van der Waals surface area contributed by atoms with Gasteiger partial charge in [-0.1, -0.05) is 0 Å². The Morgan fingerprint density at radius 3 is 2.55 bits per heavy atom. The van der Waals surface area contributed by atoms with Crippen molar-refractivity contribution in [3.05, 3.63) is 45.7 Å². The van der Waals surface area contributed by atoms with E-state index in [9.17, 15) is 17.6 Å². The number of nitrogens with one attached hydrogen (secondary N) is 1. The molecule has 0 spiro atoms. The van der Waals surface area contributed by atoms with Gasteiger partial charge in [0.2, 0.25) is 0 Å². The van der Waals surface area contributed by atoms with E-state index in [1.54, 1.807) is 6.92 Å². The van der Waals surface area contributed by atoms with Crippen LogP contribution in [0.1, 0.15) is 29.2 Å². The molecule has 1 atom stereocenters. The van der Waals surface area contributed by atoms with Gasteiger partial charge in [0.1, 0.15) is 5.82 Å². The van der Waals surface area contributed by atoms with Gasteiger partial charge in [-0.2, -0.15) is 13.2 Å². The zero-order valence-electron chi connectivity index (χ0n) is 10.8. The fourth-order valence-electron chi connectivity index (χ4n) is 1.74. The number of anilines is 1. The fraction of sp³-hybridized carbons (Fsp3) is 0.308. The summed E-state index contributed by atoms with van der Waals surface area (Å²) in [6.45, 7) is 3.63. The third-order valence-corrected chi connectivity index (χ3v) is 3.53. The zero-order valence-corrected chi connectivity index (χ0v) is 11.6. The molecule has 0 amide bonds. The fourth-order valence-corrected chi connectivity index (χ4v) is 2.44. The molecule has 0 radical (unpaired) electrons. The Kier molecular flexibility index (Phi) is 3.99. The highest BCUT2D eigenvalue weighted by Crippen LogP contribution is 2.33. The number of thiazole rings is 1. The van der Waals surface area contributed by atoms with E-state index < -0.39 is 17.6 Å². The second-order valence-electron chi connectivity index (χ2n) is 4.35. The summed E-state index contributed by atoms with van der Waals surface area (Å²) in [4.78, 5) is 4.26. The van der Waals surface area contributed by atoms with E-state index in [2.05, 4.69) is 10.3 Å². The lowest BCUT2D eigenvalue weighted by Gasteiger charge is -2.15. The predicted octanol–water partition coefficient (Wildman–Crippen LogP) is 4.78. The zero-order chi connectivity index (χ0) is 14.9. The molecule has 1 aromatic heterocycles. The van der Waals surface area contributed by atoms with Crippen molar-refractivity contribution in [1.29, 1.82) is 0 Å². The molecule has 20 heavy (non-hydrogen) atoms. The summed E-state index contributed by atoms with van der Waals surface area (Å²) in [5.41, 5.74) is -0.327. The van der Waals surface area contributed by atoms with Gasteiger partial charge in [0.15, 0.2) is 0 Å². The molecule has 108 valence electrons. The molecule has 2 aromatic rings. The summed E-state index contributed by atoms with van der Waals surface area (Å²) in [6, 6.07) is 2.60. The highest BCUT2D eigenvalue weighted by Gasteiger charge is 2.34. The second-order valence-corrected chi connectivity index (χ2v) is 5.41. The van der Waals surface area contributed by atoms with Gasteiger partial charge in [0.25, 0.3) is 0 Å². The molecule has 1 N–H and O–H groups in total. The van der Waals surface area contributed by atoms with Gasteiger partial charge in [-0.25, -0.2) is 9.37 Å². The Morgan fingerprint density at radius 1 is 1.30 bits per heavy atom. The summed E-state index contributed by atoms with van der Waals surface area (Å²) >= 11 is 1.46. The molecule has 0 aliphatic carbocycles. The van der Waals surface area contributed by atoms with Crippen molar-refractivity contribution >= 4 is 17.0 Å². The van der Waals surface area contributed by atoms with Gasteiger partial charge < -0.3 is 5.32 Å². The highest BCUT2D eigenvalue weighted by atomic mass is 32.1. The minimum atomic E-state index is -4.71. The van der Waals surface area contributed by atoms with E-state index in [-0.39, 0.29) is 11.7 Å². The average molecular weight is 304 g/mol. The van der Waals surface area contributed by atoms with E-state index in [0.29, 0.717) is 0 Å². The minimum Gasteiger partial charge on any atom is -0.377 e. The maximum Gasteiger partial charge on any atom is 0.419 e. The van der Waals surface area contributed by atoms with E-state index in [4.69, 9.17) is 0 Å². The Labute approximate surface area is 117 Å². The first-order chi connectivity index (χ1) is 9.27. The first-order valence-corrected chi connectivity index (χ1v) is 6.70. The Bertz CT molecular complexity index is 607. The van der Waals surface area contributed by atoms with Gasteiger partial charge >= 0.3 is 6.18 Å². The summed E-state index contributed by atoms with van der Waals surface area (Å²) in [7, 11) is 0. The van der Waals surface area contributed by atoms with Crippen molar-refractivity contribution < 1.29 is 17.6 Å². The van der Waals surface area contributed by atoms with Crippen molar-refractivity contribution in [2.45, 2.75) is 26.1 Å². The largest absolute Gasteiger partial charge is 0.419 e. The third-order valence-electron chi connectivity index (χ3n) is 2.74. The van der Waals surface area contributed by atoms with Crippen LogP contribution in [0.2, 0.25) is 0 Å². The van der Waals surface area contributed by atoms with Gasteiger partial charge in [0, 0.05) is 11.1 Å². The molecule has 0 saturated carbocycles. The molecule has 0 bridgehead atoms. The normalized spacial score (nSPS) is 13.3. The number of halogens is 4. The van der Waals surface area contributed by atoms with Crippen LogP contribution in [-0.2, 0) is 6.18 Å². The van der Waals surface area contributed by atoms with Crippen LogP contribution >= 0.6 is 11.3 Å². The first kappa shape index (κ1) is 14.8. The quantitative estimate of drug-likeness (QED) is 0.825. The molecule has 0 aliphatic heterocycles. The number of benzene rings is 1. The van der Waals surface area contributed by atoms with Crippen LogP contribution in [0.5, 0.6) is 0 Å². The number of hydrogen-bond donors (Lipinski definition) is 1. The monoisotopic (exact) mass is 304 g/mol. The van der Waals surface area contributed by atoms with Crippen molar-refractivity contribution in [2.24, 2.45) is 0 Å². The third kappa shape index (κ3) is 3.27. The number of nitrogens with zero attached hydrogens (tertiary/aromatic N) is 1. The molecule has 1 aromatic carbocycles. The SMILES string of the molecule is Cc1nc(C(C)Nc2ccc(F)c(C(F)(F)F)c2)cs1. The van der Waals surface area contributed by atoms with Gasteiger partial charge in [-0.15, -0.1) is 11.3 Å². The number of aryl methyl sites for hydroxylation is 1. The first-order valence-electron chi connectivity index (χ1n) is 5.82. The maximum atomic E-state index is 13.2. The summed E-state index contributed by atoms with van der Waals surface area (Å²) in [5, 5.41) is 5.60. The Morgan fingerprint density at radius 2 is 2.00 bits per heavy atom. The maximum absolute atomic E-state index is 13.2. The van der Waals surface area contributed by atoms with Crippen LogP contribution in [0.25, 0.3) is 0 Å². The standard InChI is InChI=1S/C13H12F4N2S/c1-7(12-6-20-8(2)19-12)18-9-3-4-11(14)10(5-9)13(15,16)17/h3-7,18H,1-2H3. The van der Waals surface area contributed by atoms with E-state index in [1.165, 1.54) is 17.4 Å². The molecular formula is C13H12F4N2S. The molecule has 7 heteroatoms. The van der Waals surface area contributed by atoms with Crippen molar-refractivity contribution in [2.75, 3.05) is 5.32 Å². The Hall–Kier alpha value is -1.63. The van der Waals surface area contributed by atoms with Gasteiger partial charge in [-0.05, 0) is 32.0 Å². The molecule has 0 fully saturated rings. The predicted molar refractivity (Wildman–Crippen MR) is 70.3 cm³/mol. The molecule has 1 heterocycles. The lowest BCUT2D eigenvalue weighted by Crippen LogP contribution is -2.11. The number of rotatable bonds is 3. The molecule has 1 unspecified atom stereocenters. The van der Waals surface area contributed by atoms with Crippen molar-refractivity contribution in [3.63, 3.8) is 0 Å². The average Bonchev–Trinajstić information content (AvgIpc) is 2.77. The number of hydrogen-bond acceptors (Lipinski definition) is 3. The number of alkyl halides is 3. The Balaban J connectivity index is 2.22. The van der Waals surface area contributed by atoms with Gasteiger partial charge in [0.05, 0.1) is 22.3 Å². The topological polar surface area (TPSA) is 24.9 Å². The van der Waals surface area contributed by atoms with E-state index >= 15 is 0 Å². The molecule has 0 aliphatic rings. The van der Waals surface area contributed by atoms with Crippen LogP contribution in [0.4, 0.5) is 23.2 Å². The lowest BCUT2D eigenvalue weighted by molar-refractivity contribution is -0.139. The number of aromatic nitrogens is 1. The van der Waals surface area contributed by atoms with Crippen LogP contribution in [-0.4, -0.2) is 4.98 Å². The van der Waals surface area contributed by atoms with Gasteiger partial charge in [-0.3, -0.25) is 0 Å². The van der Waals surface area contributed by atoms with E-state index in [0.717, 1.165) is 22.8 Å². The molecule has 0 saturated heterocycles. The smallest absolute Gasteiger partial charge is 0.377 e. The van der Waals surface area contributed by atoms with Crippen molar-refractivity contribution in [3.8, 4) is 0 Å². The highest BCUT2D eigenvalue weighted by molar-refractivity contribution is 7.09. The second kappa shape index (κ2) is 5.40. The molecule has 2 nitrogen and oxygen atoms in total. The summed E-state index contributed by atoms with van der Waals surface area (Å²) < 4.78 is 51.0. The molecule has 2 rings (SSSR count). The van der Waals surface area contributed by atoms with E-state index in [1.807, 2.05) is 12.3 Å². The lowest BCUT2D eigenvalue weighted by atomic mass is 10.1. The van der Waals surface area contributed by atoms with Crippen molar-refractivity contribution in [1.82, 2.24) is 4.98 Å². The van der Waals surface area contributed by atoms with Crippen LogP contribution in [0, 0.1) is 12.7 Å². The van der Waals surface area contributed by atoms with Crippen LogP contribution in [0.15, 0.2) is 23.6 Å². The summed E-state index contributed by atoms with van der Waals surface area (Å²) in [6.07, 6.45) is -4.71. The minimum absolute atomic E-state index is 0.205. The van der Waals surface area contributed by atoms with Crippen LogP contribution in [0.3, 0.4) is 0 Å². The van der Waals surface area contributed by atoms with Crippen LogP contribution < -0.4 is 5.32 Å². The molecular weight excluding hydrogens is 292 g/mol. The summed E-state index contributed by atoms with van der Waals surface area (Å²) in [5.74, 6) is -1.28.